The number of methoxy groups -OCH3 is 1. The molecular formula is C4H6NO2+. The lowest BCUT2D eigenvalue weighted by Crippen LogP contribution is -1.79. The number of rotatable bonds is 1. The van der Waals surface area contributed by atoms with Crippen LogP contribution < -0.4 is 0 Å². The van der Waals surface area contributed by atoms with Gasteiger partial charge in [0.15, 0.2) is 0 Å². The third-order valence-corrected chi connectivity index (χ3v) is 0.394. The van der Waals surface area contributed by atoms with Gasteiger partial charge in [-0.15, -0.1) is 0 Å². The summed E-state index contributed by atoms with van der Waals surface area (Å²) in [5.41, 5.74) is 0. The van der Waals surface area contributed by atoms with Crippen LogP contribution in [0.15, 0.2) is 12.1 Å². The lowest BCUT2D eigenvalue weighted by atomic mass is 10.9. The molecule has 38 valence electrons. The topological polar surface area (TPSA) is 33.8 Å². The minimum absolute atomic E-state index is 0.289. The van der Waals surface area contributed by atoms with E-state index in [-0.39, 0.29) is 5.95 Å². The SMILES string of the molecule is C#[N+]C=C(O)OC. The van der Waals surface area contributed by atoms with Gasteiger partial charge in [0, 0.05) is 0 Å². The molecule has 0 aliphatic carbocycles. The molecule has 0 aromatic carbocycles. The zero-order chi connectivity index (χ0) is 5.70. The van der Waals surface area contributed by atoms with Gasteiger partial charge in [-0.1, -0.05) is 0 Å². The minimum Gasteiger partial charge on any atom is -0.476 e. The summed E-state index contributed by atoms with van der Waals surface area (Å²) in [5.74, 6) is -0.289. The van der Waals surface area contributed by atoms with E-state index in [9.17, 15) is 0 Å². The molecular weight excluding hydrogens is 94.0 g/mol. The molecule has 0 atom stereocenters. The first-order chi connectivity index (χ1) is 3.31. The fourth-order valence-corrected chi connectivity index (χ4v) is 0.116. The van der Waals surface area contributed by atoms with Crippen LogP contribution in [-0.2, 0) is 4.74 Å². The van der Waals surface area contributed by atoms with Gasteiger partial charge in [-0.2, -0.15) is 0 Å². The predicted molar refractivity (Wildman–Crippen MR) is 26.0 cm³/mol. The van der Waals surface area contributed by atoms with Gasteiger partial charge >= 0.3 is 12.1 Å². The average molecular weight is 100 g/mol. The highest BCUT2D eigenvalue weighted by Crippen LogP contribution is 1.85. The fraction of sp³-hybridized carbons (Fsp3) is 0.250. The third kappa shape index (κ3) is 2.64. The first kappa shape index (κ1) is 5.83. The lowest BCUT2D eigenvalue weighted by Gasteiger charge is -1.84. The molecule has 0 fully saturated rings. The second kappa shape index (κ2) is 3.04. The van der Waals surface area contributed by atoms with Crippen LogP contribution in [0.5, 0.6) is 0 Å². The van der Waals surface area contributed by atoms with Gasteiger partial charge in [-0.25, -0.2) is 0 Å². The molecule has 0 saturated heterocycles. The molecule has 0 spiro atoms. The monoisotopic (exact) mass is 100 g/mol. The van der Waals surface area contributed by atoms with E-state index in [1.807, 2.05) is 0 Å². The van der Waals surface area contributed by atoms with Crippen LogP contribution >= 0.6 is 0 Å². The normalized spacial score (nSPS) is 10.0. The number of nitrogens with zero attached hydrogens (tertiary/aromatic N) is 1. The predicted octanol–water partition coefficient (Wildman–Crippen LogP) is 0.952. The van der Waals surface area contributed by atoms with E-state index < -0.39 is 0 Å². The molecule has 0 amide bonds. The Bertz CT molecular complexity index is 111. The second-order valence-corrected chi connectivity index (χ2v) is 0.821. The molecule has 7 heavy (non-hydrogen) atoms. The molecule has 0 saturated carbocycles. The summed E-state index contributed by atoms with van der Waals surface area (Å²) < 4.78 is 4.23. The Morgan fingerprint density at radius 3 is 2.71 bits per heavy atom. The minimum atomic E-state index is -0.289. The smallest absolute Gasteiger partial charge is 0.384 e. The molecule has 0 aromatic heterocycles. The first-order valence-electron chi connectivity index (χ1n) is 1.64. The van der Waals surface area contributed by atoms with Crippen LogP contribution in [0.1, 0.15) is 0 Å². The maximum absolute atomic E-state index is 8.32. The maximum Gasteiger partial charge on any atom is 0.384 e. The highest BCUT2D eigenvalue weighted by atomic mass is 16.6. The molecule has 0 radical (unpaired) electrons. The molecule has 0 rings (SSSR count). The summed E-state index contributed by atoms with van der Waals surface area (Å²) in [6.45, 7) is 4.61. The van der Waals surface area contributed by atoms with Crippen LogP contribution in [0.4, 0.5) is 0 Å². The lowest BCUT2D eigenvalue weighted by molar-refractivity contribution is 0.136. The Kier molecular flexibility index (Phi) is 2.53. The van der Waals surface area contributed by atoms with E-state index >= 15 is 0 Å². The van der Waals surface area contributed by atoms with Crippen molar-refractivity contribution in [3.05, 3.63) is 17.0 Å². The summed E-state index contributed by atoms with van der Waals surface area (Å²) >= 11 is 0. The molecule has 0 aliphatic heterocycles. The van der Waals surface area contributed by atoms with Crippen molar-refractivity contribution in [2.24, 2.45) is 0 Å². The third-order valence-electron chi connectivity index (χ3n) is 0.394. The van der Waals surface area contributed by atoms with Gasteiger partial charge in [0.1, 0.15) is 0 Å². The van der Waals surface area contributed by atoms with Gasteiger partial charge in [0.05, 0.1) is 7.11 Å². The quantitative estimate of drug-likeness (QED) is 0.498. The molecule has 0 aliphatic rings. The van der Waals surface area contributed by atoms with Crippen LogP contribution in [0.3, 0.4) is 0 Å². The Morgan fingerprint density at radius 2 is 2.57 bits per heavy atom. The zero-order valence-corrected chi connectivity index (χ0v) is 3.96. The maximum atomic E-state index is 8.32. The van der Waals surface area contributed by atoms with Crippen molar-refractivity contribution in [3.8, 4) is 6.57 Å². The van der Waals surface area contributed by atoms with Gasteiger partial charge < -0.3 is 9.84 Å². The van der Waals surface area contributed by atoms with Crippen molar-refractivity contribution in [2.45, 2.75) is 0 Å². The summed E-state index contributed by atoms with van der Waals surface area (Å²) in [4.78, 5) is 2.97. The van der Waals surface area contributed by atoms with Crippen molar-refractivity contribution >= 4 is 0 Å². The van der Waals surface area contributed by atoms with Gasteiger partial charge in [0.25, 0.3) is 6.57 Å². The van der Waals surface area contributed by atoms with Gasteiger partial charge in [-0.05, 0) is 4.85 Å². The molecule has 1 N–H and O–H groups in total. The first-order valence-corrected chi connectivity index (χ1v) is 1.64. The summed E-state index contributed by atoms with van der Waals surface area (Å²) in [6.07, 6.45) is 1.00. The number of hydrogen-bond donors (Lipinski definition) is 1. The van der Waals surface area contributed by atoms with Crippen LogP contribution in [0.25, 0.3) is 4.85 Å². The van der Waals surface area contributed by atoms with Gasteiger partial charge in [-0.3, -0.25) is 0 Å². The van der Waals surface area contributed by atoms with E-state index in [2.05, 4.69) is 16.2 Å². The van der Waals surface area contributed by atoms with E-state index in [0.717, 1.165) is 6.20 Å². The largest absolute Gasteiger partial charge is 0.476 e. The van der Waals surface area contributed by atoms with Crippen molar-refractivity contribution in [3.63, 3.8) is 0 Å². The molecule has 3 heteroatoms. The number of hydrogen-bond acceptors (Lipinski definition) is 2. The number of ether oxygens (including phenoxy) is 1. The van der Waals surface area contributed by atoms with E-state index in [1.54, 1.807) is 0 Å². The standard InChI is InChI=1S/C4H5NO2/c1-5-3-4(6)7-2/h1,3H,2H3/p+1. The Labute approximate surface area is 41.7 Å². The van der Waals surface area contributed by atoms with Crippen LogP contribution in [0.2, 0.25) is 0 Å². The van der Waals surface area contributed by atoms with Crippen molar-refractivity contribution in [1.29, 1.82) is 0 Å². The number of aliphatic hydroxyl groups excluding tert-OH is 1. The van der Waals surface area contributed by atoms with Crippen LogP contribution in [-0.4, -0.2) is 12.2 Å². The van der Waals surface area contributed by atoms with Crippen molar-refractivity contribution in [1.82, 2.24) is 0 Å². The van der Waals surface area contributed by atoms with E-state index in [1.165, 1.54) is 7.11 Å². The Morgan fingerprint density at radius 1 is 2.00 bits per heavy atom. The molecule has 0 unspecified atom stereocenters. The molecule has 3 nitrogen and oxygen atoms in total. The molecule has 0 bridgehead atoms. The highest BCUT2D eigenvalue weighted by Gasteiger charge is 1.89. The van der Waals surface area contributed by atoms with Crippen LogP contribution in [0, 0.1) is 6.57 Å². The van der Waals surface area contributed by atoms with Gasteiger partial charge in [0.2, 0.25) is 0 Å². The second-order valence-electron chi connectivity index (χ2n) is 0.821. The van der Waals surface area contributed by atoms with Crippen molar-refractivity contribution < 1.29 is 9.84 Å². The zero-order valence-electron chi connectivity index (χ0n) is 3.96. The summed E-state index contributed by atoms with van der Waals surface area (Å²) in [6, 6.07) is 0. The summed E-state index contributed by atoms with van der Waals surface area (Å²) in [7, 11) is 1.32. The Balaban J connectivity index is 3.56. The van der Waals surface area contributed by atoms with Crippen molar-refractivity contribution in [2.75, 3.05) is 7.11 Å². The number of aliphatic hydroxyl groups is 1. The Hall–Kier alpha value is -1.17. The molecule has 0 heterocycles. The summed E-state index contributed by atoms with van der Waals surface area (Å²) in [5, 5.41) is 8.32. The highest BCUT2D eigenvalue weighted by molar-refractivity contribution is 4.91. The average Bonchev–Trinajstić information content (AvgIpc) is 1.68. The molecule has 0 aromatic rings. The fourth-order valence-electron chi connectivity index (χ4n) is 0.116. The van der Waals surface area contributed by atoms with E-state index in [4.69, 9.17) is 5.11 Å². The van der Waals surface area contributed by atoms with E-state index in [0.29, 0.717) is 0 Å².